The Kier molecular flexibility index (Phi) is 17.0. The first-order valence-corrected chi connectivity index (χ1v) is 17.8. The summed E-state index contributed by atoms with van der Waals surface area (Å²) in [6.45, 7) is 4.73. The number of esters is 1. The predicted octanol–water partition coefficient (Wildman–Crippen LogP) is 8.52. The lowest BCUT2D eigenvalue weighted by Crippen LogP contribution is -2.55. The van der Waals surface area contributed by atoms with Crippen molar-refractivity contribution in [1.82, 2.24) is 10.3 Å². The Morgan fingerprint density at radius 3 is 2.35 bits per heavy atom. The van der Waals surface area contributed by atoms with Gasteiger partial charge in [0.2, 0.25) is 5.60 Å². The van der Waals surface area contributed by atoms with E-state index in [4.69, 9.17) is 9.57 Å². The molecule has 8 nitrogen and oxygen atoms in total. The van der Waals surface area contributed by atoms with E-state index in [0.717, 1.165) is 55.7 Å². The molecule has 0 unspecified atom stereocenters. The van der Waals surface area contributed by atoms with Crippen LogP contribution >= 0.6 is 0 Å². The van der Waals surface area contributed by atoms with Crippen molar-refractivity contribution in [3.8, 4) is 0 Å². The number of amides is 1. The molecule has 2 aromatic rings. The summed E-state index contributed by atoms with van der Waals surface area (Å²) in [5, 5.41) is 8.65. The van der Waals surface area contributed by atoms with Crippen molar-refractivity contribution in [2.24, 2.45) is 11.1 Å². The summed E-state index contributed by atoms with van der Waals surface area (Å²) >= 11 is 0. The van der Waals surface area contributed by atoms with Gasteiger partial charge >= 0.3 is 5.97 Å². The van der Waals surface area contributed by atoms with E-state index in [-0.39, 0.29) is 18.9 Å². The molecule has 2 heterocycles. The molecule has 262 valence electrons. The first kappa shape index (κ1) is 38.6. The number of allylic oxidation sites excluding steroid dienone is 4. The number of rotatable bonds is 23. The van der Waals surface area contributed by atoms with E-state index in [1.165, 1.54) is 25.7 Å². The lowest BCUT2D eigenvalue weighted by molar-refractivity contribution is -0.153. The fraction of sp³-hybridized carbons (Fsp3) is 0.564. The summed E-state index contributed by atoms with van der Waals surface area (Å²) in [4.78, 5) is 48.9. The summed E-state index contributed by atoms with van der Waals surface area (Å²) in [6.07, 6.45) is 23.6. The van der Waals surface area contributed by atoms with Gasteiger partial charge in [0.15, 0.2) is 5.78 Å². The minimum atomic E-state index is -1.45. The highest BCUT2D eigenvalue weighted by atomic mass is 19.1. The summed E-state index contributed by atoms with van der Waals surface area (Å²) in [6, 6.07) is 8.23. The fourth-order valence-electron chi connectivity index (χ4n) is 5.74. The third-order valence-corrected chi connectivity index (χ3v) is 8.82. The van der Waals surface area contributed by atoms with Crippen molar-refractivity contribution in [3.05, 3.63) is 66.5 Å². The van der Waals surface area contributed by atoms with Gasteiger partial charge in [0.05, 0.1) is 18.7 Å². The number of benzene rings is 1. The SMILES string of the molecule is CCCCC/C=C/C/C=C/CCCCCCCCOC(=O)C[C@H](NC(=O)[C@]1(C(C)C)CC(c2nccc3ccccc23)=NO1)C(=O)CF. The van der Waals surface area contributed by atoms with Crippen molar-refractivity contribution >= 4 is 34.1 Å². The monoisotopic (exact) mass is 663 g/mol. The highest BCUT2D eigenvalue weighted by Gasteiger charge is 2.51. The molecule has 1 aromatic carbocycles. The first-order chi connectivity index (χ1) is 23.3. The van der Waals surface area contributed by atoms with Crippen LogP contribution in [0.15, 0.2) is 66.0 Å². The normalized spacial score (nSPS) is 16.8. The molecule has 1 aliphatic rings. The van der Waals surface area contributed by atoms with Gasteiger partial charge in [0.1, 0.15) is 18.4 Å². The lowest BCUT2D eigenvalue weighted by Gasteiger charge is -2.30. The van der Waals surface area contributed by atoms with Crippen LogP contribution in [0.2, 0.25) is 0 Å². The number of unbranched alkanes of at least 4 members (excludes halogenated alkanes) is 9. The molecular formula is C39H54FN3O5. The fourth-order valence-corrected chi connectivity index (χ4v) is 5.74. The zero-order chi connectivity index (χ0) is 34.6. The van der Waals surface area contributed by atoms with E-state index in [1.807, 2.05) is 44.2 Å². The number of carbonyl (C=O) groups excluding carboxylic acids is 3. The summed E-state index contributed by atoms with van der Waals surface area (Å²) in [5.74, 6) is -2.55. The topological polar surface area (TPSA) is 107 Å². The second-order valence-corrected chi connectivity index (χ2v) is 12.9. The Morgan fingerprint density at radius 1 is 0.958 bits per heavy atom. The van der Waals surface area contributed by atoms with Crippen LogP contribution in [-0.2, 0) is 24.0 Å². The van der Waals surface area contributed by atoms with Crippen molar-refractivity contribution in [3.63, 3.8) is 0 Å². The van der Waals surface area contributed by atoms with Crippen LogP contribution in [0.5, 0.6) is 0 Å². The number of nitrogens with one attached hydrogen (secondary N) is 1. The van der Waals surface area contributed by atoms with Gasteiger partial charge in [-0.15, -0.1) is 0 Å². The molecule has 1 aliphatic heterocycles. The van der Waals surface area contributed by atoms with Gasteiger partial charge in [0, 0.05) is 23.9 Å². The molecule has 0 spiro atoms. The van der Waals surface area contributed by atoms with E-state index >= 15 is 0 Å². The van der Waals surface area contributed by atoms with Crippen LogP contribution in [0.3, 0.4) is 0 Å². The van der Waals surface area contributed by atoms with E-state index in [2.05, 4.69) is 46.7 Å². The Labute approximate surface area is 285 Å². The van der Waals surface area contributed by atoms with Gasteiger partial charge in [-0.25, -0.2) is 4.39 Å². The zero-order valence-corrected chi connectivity index (χ0v) is 29.1. The Bertz CT molecular complexity index is 1400. The number of hydrogen-bond acceptors (Lipinski definition) is 7. The highest BCUT2D eigenvalue weighted by molar-refractivity contribution is 6.12. The van der Waals surface area contributed by atoms with E-state index in [9.17, 15) is 18.8 Å². The number of nitrogens with zero attached hydrogens (tertiary/aromatic N) is 2. The number of Topliss-reactive ketones (excluding diaryl/α,β-unsaturated/α-hetero) is 1. The van der Waals surface area contributed by atoms with Gasteiger partial charge < -0.3 is 14.9 Å². The second kappa shape index (κ2) is 21.2. The molecule has 2 atom stereocenters. The number of hydrogen-bond donors (Lipinski definition) is 1. The number of aromatic nitrogens is 1. The van der Waals surface area contributed by atoms with Crippen LogP contribution in [0.1, 0.15) is 116 Å². The van der Waals surface area contributed by atoms with Gasteiger partial charge in [-0.3, -0.25) is 19.4 Å². The maximum atomic E-state index is 13.6. The summed E-state index contributed by atoms with van der Waals surface area (Å²) in [7, 11) is 0. The Balaban J connectivity index is 1.37. The number of halogens is 1. The molecule has 0 bridgehead atoms. The molecule has 9 heteroatoms. The third kappa shape index (κ3) is 12.0. The van der Waals surface area contributed by atoms with Gasteiger partial charge in [-0.1, -0.05) is 113 Å². The van der Waals surface area contributed by atoms with Crippen LogP contribution in [0, 0.1) is 5.92 Å². The Hall–Kier alpha value is -3.88. The van der Waals surface area contributed by atoms with Crippen LogP contribution in [0.4, 0.5) is 4.39 Å². The molecule has 0 fully saturated rings. The number of carbonyl (C=O) groups is 3. The maximum Gasteiger partial charge on any atom is 0.308 e. The molecule has 1 aromatic heterocycles. The lowest BCUT2D eigenvalue weighted by atomic mass is 9.83. The number of oxime groups is 1. The van der Waals surface area contributed by atoms with Crippen LogP contribution in [0.25, 0.3) is 10.8 Å². The van der Waals surface area contributed by atoms with E-state index < -0.39 is 42.4 Å². The predicted molar refractivity (Wildman–Crippen MR) is 189 cm³/mol. The molecule has 0 saturated carbocycles. The molecule has 3 rings (SSSR count). The van der Waals surface area contributed by atoms with E-state index in [1.54, 1.807) is 6.20 Å². The number of ether oxygens (including phenoxy) is 1. The van der Waals surface area contributed by atoms with E-state index in [0.29, 0.717) is 17.8 Å². The van der Waals surface area contributed by atoms with Gasteiger partial charge in [0.25, 0.3) is 5.91 Å². The molecule has 1 amide bonds. The number of pyridine rings is 1. The summed E-state index contributed by atoms with van der Waals surface area (Å²) in [5.41, 5.74) is -0.349. The van der Waals surface area contributed by atoms with Gasteiger partial charge in [-0.2, -0.15) is 0 Å². The smallest absolute Gasteiger partial charge is 0.308 e. The number of fused-ring (bicyclic) bond motifs is 1. The quantitative estimate of drug-likeness (QED) is 0.0726. The van der Waals surface area contributed by atoms with Gasteiger partial charge in [-0.05, 0) is 50.0 Å². The van der Waals surface area contributed by atoms with Crippen LogP contribution < -0.4 is 5.32 Å². The van der Waals surface area contributed by atoms with Crippen molar-refractivity contribution in [2.45, 2.75) is 122 Å². The molecular weight excluding hydrogens is 609 g/mol. The minimum Gasteiger partial charge on any atom is -0.466 e. The highest BCUT2D eigenvalue weighted by Crippen LogP contribution is 2.35. The molecule has 1 N–H and O–H groups in total. The molecule has 0 aliphatic carbocycles. The third-order valence-electron chi connectivity index (χ3n) is 8.82. The average Bonchev–Trinajstić information content (AvgIpc) is 3.56. The molecule has 48 heavy (non-hydrogen) atoms. The summed E-state index contributed by atoms with van der Waals surface area (Å²) < 4.78 is 18.8. The standard InChI is InChI=1S/C39H54FN3O5/c1-4-5-6-7-8-9-10-11-12-13-14-15-16-17-18-21-26-47-36(45)27-33(35(44)29-40)42-38(46)39(30(2)3)28-34(43-48-39)37-32-23-20-19-22-31(32)24-25-41-37/h8-9,11-12,19-20,22-25,30,33H,4-7,10,13-18,21,26-29H2,1-3H3,(H,42,46)/b9-8+,12-11+/t33-,39+/m0/s1. The average molecular weight is 664 g/mol. The first-order valence-electron chi connectivity index (χ1n) is 17.8. The molecule has 0 radical (unpaired) electrons. The second-order valence-electron chi connectivity index (χ2n) is 12.9. The van der Waals surface area contributed by atoms with Crippen molar-refractivity contribution in [2.75, 3.05) is 13.3 Å². The molecule has 0 saturated heterocycles. The zero-order valence-electron chi connectivity index (χ0n) is 29.1. The Morgan fingerprint density at radius 2 is 1.65 bits per heavy atom. The number of ketones is 1. The van der Waals surface area contributed by atoms with Crippen molar-refractivity contribution in [1.29, 1.82) is 0 Å². The van der Waals surface area contributed by atoms with Crippen molar-refractivity contribution < 1.29 is 28.3 Å². The van der Waals surface area contributed by atoms with Crippen LogP contribution in [-0.4, -0.2) is 53.3 Å². The minimum absolute atomic E-state index is 0.103. The number of alkyl halides is 1. The largest absolute Gasteiger partial charge is 0.466 e. The maximum absolute atomic E-state index is 13.6.